The van der Waals surface area contributed by atoms with Gasteiger partial charge in [-0.15, -0.1) is 10.2 Å². The molecule has 0 aliphatic carbocycles. The van der Waals surface area contributed by atoms with Crippen LogP contribution in [0.1, 0.15) is 41.5 Å². The van der Waals surface area contributed by atoms with Gasteiger partial charge in [-0.2, -0.15) is 17.6 Å². The lowest BCUT2D eigenvalue weighted by Crippen LogP contribution is -2.34. The molecule has 3 aromatic rings. The molecule has 2 aromatic heterocycles. The van der Waals surface area contributed by atoms with Gasteiger partial charge >= 0.3 is 6.18 Å². The fraction of sp³-hybridized carbons (Fsp3) is 0.417. The van der Waals surface area contributed by atoms with Crippen molar-refractivity contribution in [2.45, 2.75) is 44.6 Å². The lowest BCUT2D eigenvalue weighted by Gasteiger charge is -2.32. The summed E-state index contributed by atoms with van der Waals surface area (Å²) >= 11 is 6.19. The first-order chi connectivity index (χ1) is 17.2. The van der Waals surface area contributed by atoms with E-state index < -0.39 is 18.7 Å². The van der Waals surface area contributed by atoms with Crippen LogP contribution in [-0.4, -0.2) is 57.2 Å². The quantitative estimate of drug-likeness (QED) is 0.271. The molecule has 0 radical (unpaired) electrons. The molecule has 12 heteroatoms. The molecule has 0 saturated carbocycles. The van der Waals surface area contributed by atoms with E-state index in [1.807, 2.05) is 15.5 Å². The molecule has 1 aromatic carbocycles. The van der Waals surface area contributed by atoms with Crippen LogP contribution in [0, 0.1) is 5.95 Å². The summed E-state index contributed by atoms with van der Waals surface area (Å²) < 4.78 is 55.8. The maximum atomic E-state index is 14.3. The van der Waals surface area contributed by atoms with E-state index in [1.165, 1.54) is 4.90 Å². The summed E-state index contributed by atoms with van der Waals surface area (Å²) in [5.41, 5.74) is 1.84. The summed E-state index contributed by atoms with van der Waals surface area (Å²) in [7, 11) is 0. The van der Waals surface area contributed by atoms with Crippen molar-refractivity contribution in [2.75, 3.05) is 24.5 Å². The Morgan fingerprint density at radius 3 is 2.56 bits per heavy atom. The molecule has 0 amide bonds. The Balaban J connectivity index is 1.39. The van der Waals surface area contributed by atoms with Crippen molar-refractivity contribution < 1.29 is 17.6 Å². The van der Waals surface area contributed by atoms with Crippen molar-refractivity contribution in [3.05, 3.63) is 64.1 Å². The van der Waals surface area contributed by atoms with Crippen molar-refractivity contribution in [3.8, 4) is 5.69 Å². The standard InChI is InChI=1S/C24H24ClF4N7/c1-30-11-16-2-5-20(31-22(16)26)35-8-6-15(7-9-35)23-33-32-21-13-34(14-24(27,28)29)12-17-10-18(25)3-4-19(17)36(21)23/h2-5,10,15H,1,6-9,11-14H2. The molecule has 7 nitrogen and oxygen atoms in total. The predicted molar refractivity (Wildman–Crippen MR) is 128 cm³/mol. The van der Waals surface area contributed by atoms with E-state index >= 15 is 0 Å². The van der Waals surface area contributed by atoms with Crippen molar-refractivity contribution in [3.63, 3.8) is 0 Å². The van der Waals surface area contributed by atoms with E-state index in [-0.39, 0.29) is 25.6 Å². The second-order valence-corrected chi connectivity index (χ2v) is 9.54. The van der Waals surface area contributed by atoms with Gasteiger partial charge in [0.1, 0.15) is 11.6 Å². The molecule has 0 bridgehead atoms. The van der Waals surface area contributed by atoms with Gasteiger partial charge in [0.25, 0.3) is 0 Å². The van der Waals surface area contributed by atoms with Crippen LogP contribution >= 0.6 is 11.6 Å². The van der Waals surface area contributed by atoms with Crippen LogP contribution in [0.15, 0.2) is 35.3 Å². The van der Waals surface area contributed by atoms with Crippen LogP contribution in [0.5, 0.6) is 0 Å². The van der Waals surface area contributed by atoms with Crippen LogP contribution in [-0.2, 0) is 19.6 Å². The van der Waals surface area contributed by atoms with Gasteiger partial charge in [0.15, 0.2) is 5.82 Å². The van der Waals surface area contributed by atoms with Crippen LogP contribution in [0.3, 0.4) is 0 Å². The first-order valence-corrected chi connectivity index (χ1v) is 11.9. The zero-order valence-corrected chi connectivity index (χ0v) is 20.1. The monoisotopic (exact) mass is 521 g/mol. The van der Waals surface area contributed by atoms with E-state index in [2.05, 4.69) is 26.9 Å². The number of aromatic nitrogens is 4. The second kappa shape index (κ2) is 9.78. The fourth-order valence-electron chi connectivity index (χ4n) is 4.96. The molecule has 2 aliphatic heterocycles. The maximum absolute atomic E-state index is 14.3. The number of rotatable bonds is 5. The number of nitrogens with zero attached hydrogens (tertiary/aromatic N) is 7. The number of pyridine rings is 1. The zero-order valence-electron chi connectivity index (χ0n) is 19.3. The van der Waals surface area contributed by atoms with Gasteiger partial charge in [0.2, 0.25) is 5.95 Å². The zero-order chi connectivity index (χ0) is 25.4. The van der Waals surface area contributed by atoms with Gasteiger partial charge in [-0.05, 0) is 55.5 Å². The molecule has 1 fully saturated rings. The Bertz CT molecular complexity index is 1270. The van der Waals surface area contributed by atoms with Crippen molar-refractivity contribution in [1.29, 1.82) is 0 Å². The van der Waals surface area contributed by atoms with Gasteiger partial charge in [-0.1, -0.05) is 11.6 Å². The van der Waals surface area contributed by atoms with Crippen LogP contribution in [0.2, 0.25) is 5.02 Å². The molecule has 0 spiro atoms. The number of alkyl halides is 3. The normalized spacial score (nSPS) is 17.0. The average molecular weight is 522 g/mol. The topological polar surface area (TPSA) is 62.4 Å². The number of piperidine rings is 1. The minimum atomic E-state index is -4.34. The number of anilines is 1. The Labute approximate surface area is 210 Å². The summed E-state index contributed by atoms with van der Waals surface area (Å²) in [5, 5.41) is 9.17. The third-order valence-electron chi connectivity index (χ3n) is 6.58. The predicted octanol–water partition coefficient (Wildman–Crippen LogP) is 4.92. The lowest BCUT2D eigenvalue weighted by molar-refractivity contribution is -0.148. The Morgan fingerprint density at radius 1 is 1.08 bits per heavy atom. The molecule has 36 heavy (non-hydrogen) atoms. The van der Waals surface area contributed by atoms with E-state index in [4.69, 9.17) is 11.6 Å². The van der Waals surface area contributed by atoms with E-state index in [1.54, 1.807) is 24.3 Å². The smallest absolute Gasteiger partial charge is 0.356 e. The van der Waals surface area contributed by atoms with Gasteiger partial charge in [-0.25, -0.2) is 4.98 Å². The molecule has 4 heterocycles. The molecule has 0 unspecified atom stereocenters. The minimum absolute atomic E-state index is 0.0206. The molecular formula is C24H24ClF4N7. The summed E-state index contributed by atoms with van der Waals surface area (Å²) in [4.78, 5) is 11.1. The van der Waals surface area contributed by atoms with Gasteiger partial charge < -0.3 is 4.90 Å². The highest BCUT2D eigenvalue weighted by atomic mass is 35.5. The number of hydrogen-bond donors (Lipinski definition) is 0. The highest BCUT2D eigenvalue weighted by Gasteiger charge is 2.35. The van der Waals surface area contributed by atoms with Crippen LogP contribution in [0.25, 0.3) is 5.69 Å². The number of hydrogen-bond acceptors (Lipinski definition) is 6. The van der Waals surface area contributed by atoms with Gasteiger partial charge in [0.05, 0.1) is 25.3 Å². The number of aliphatic imine (C=N–C) groups is 1. The third-order valence-corrected chi connectivity index (χ3v) is 6.81. The van der Waals surface area contributed by atoms with Gasteiger partial charge in [0, 0.05) is 36.1 Å². The van der Waals surface area contributed by atoms with E-state index in [9.17, 15) is 17.6 Å². The Kier molecular flexibility index (Phi) is 6.69. The lowest BCUT2D eigenvalue weighted by atomic mass is 9.95. The molecule has 190 valence electrons. The Morgan fingerprint density at radius 2 is 1.86 bits per heavy atom. The molecule has 1 saturated heterocycles. The highest BCUT2D eigenvalue weighted by Crippen LogP contribution is 2.35. The summed E-state index contributed by atoms with van der Waals surface area (Å²) in [5.74, 6) is 1.22. The fourth-order valence-corrected chi connectivity index (χ4v) is 5.15. The summed E-state index contributed by atoms with van der Waals surface area (Å²) in [6, 6.07) is 8.69. The number of fused-ring (bicyclic) bond motifs is 3. The van der Waals surface area contributed by atoms with Crippen LogP contribution in [0.4, 0.5) is 23.4 Å². The minimum Gasteiger partial charge on any atom is -0.356 e. The second-order valence-electron chi connectivity index (χ2n) is 9.11. The summed E-state index contributed by atoms with van der Waals surface area (Å²) in [6.07, 6.45) is -2.91. The molecule has 5 rings (SSSR count). The number of benzene rings is 1. The van der Waals surface area contributed by atoms with Gasteiger partial charge in [-0.3, -0.25) is 14.5 Å². The van der Waals surface area contributed by atoms with E-state index in [0.717, 1.165) is 5.69 Å². The number of halogens is 5. The maximum Gasteiger partial charge on any atom is 0.401 e. The highest BCUT2D eigenvalue weighted by molar-refractivity contribution is 6.30. The largest absolute Gasteiger partial charge is 0.401 e. The van der Waals surface area contributed by atoms with Crippen molar-refractivity contribution >= 4 is 24.1 Å². The van der Waals surface area contributed by atoms with E-state index in [0.29, 0.717) is 59.5 Å². The third kappa shape index (κ3) is 5.08. The summed E-state index contributed by atoms with van der Waals surface area (Å²) in [6.45, 7) is 3.90. The molecule has 0 atom stereocenters. The first kappa shape index (κ1) is 24.6. The SMILES string of the molecule is C=NCc1ccc(N2CCC(c3nnc4n3-c3ccc(Cl)cc3CN(CC(F)(F)F)C4)CC2)nc1F. The first-order valence-electron chi connectivity index (χ1n) is 11.6. The molecule has 2 aliphatic rings. The molecular weight excluding hydrogens is 498 g/mol. The van der Waals surface area contributed by atoms with Crippen molar-refractivity contribution in [2.24, 2.45) is 4.99 Å². The van der Waals surface area contributed by atoms with Crippen LogP contribution < -0.4 is 4.90 Å². The average Bonchev–Trinajstić information content (AvgIpc) is 3.16. The van der Waals surface area contributed by atoms with Crippen molar-refractivity contribution in [1.82, 2.24) is 24.6 Å². The molecule has 0 N–H and O–H groups in total. The Hall–Kier alpha value is -3.05.